The summed E-state index contributed by atoms with van der Waals surface area (Å²) < 4.78 is 13.2. The summed E-state index contributed by atoms with van der Waals surface area (Å²) in [5.74, 6) is -0.247. The lowest BCUT2D eigenvalue weighted by Crippen LogP contribution is -2.35. The Morgan fingerprint density at radius 1 is 1.19 bits per heavy atom. The second-order valence-corrected chi connectivity index (χ2v) is 5.57. The third-order valence-corrected chi connectivity index (χ3v) is 3.82. The predicted molar refractivity (Wildman–Crippen MR) is 107 cm³/mol. The van der Waals surface area contributed by atoms with Crippen molar-refractivity contribution in [2.75, 3.05) is 0 Å². The SMILES string of the molecule is Cl.Cl.O=C1NC(NCc2cccc(F)c2)=N/C1=C\c1c[nH]c2ncccc12. The lowest BCUT2D eigenvalue weighted by molar-refractivity contribution is -0.115. The van der Waals surface area contributed by atoms with Gasteiger partial charge in [0.05, 0.1) is 0 Å². The van der Waals surface area contributed by atoms with Crippen molar-refractivity contribution in [2.45, 2.75) is 6.54 Å². The summed E-state index contributed by atoms with van der Waals surface area (Å²) in [6.07, 6.45) is 5.18. The van der Waals surface area contributed by atoms with E-state index in [1.54, 1.807) is 30.6 Å². The second-order valence-electron chi connectivity index (χ2n) is 5.57. The van der Waals surface area contributed by atoms with Gasteiger partial charge < -0.3 is 10.3 Å². The van der Waals surface area contributed by atoms with Gasteiger partial charge in [0.2, 0.25) is 5.96 Å². The van der Waals surface area contributed by atoms with Gasteiger partial charge in [-0.25, -0.2) is 14.4 Å². The smallest absolute Gasteiger partial charge is 0.276 e. The highest BCUT2D eigenvalue weighted by Gasteiger charge is 2.20. The van der Waals surface area contributed by atoms with Gasteiger partial charge in [-0.15, -0.1) is 24.8 Å². The normalized spacial score (nSPS) is 14.3. The van der Waals surface area contributed by atoms with E-state index < -0.39 is 0 Å². The molecule has 1 amide bonds. The van der Waals surface area contributed by atoms with Crippen molar-refractivity contribution in [3.8, 4) is 0 Å². The Morgan fingerprint density at radius 2 is 2.04 bits per heavy atom. The van der Waals surface area contributed by atoms with Gasteiger partial charge in [-0.2, -0.15) is 0 Å². The lowest BCUT2D eigenvalue weighted by Gasteiger charge is -2.05. The number of hydrogen-bond acceptors (Lipinski definition) is 4. The number of benzene rings is 1. The molecule has 0 saturated heterocycles. The Kier molecular flexibility index (Phi) is 6.55. The van der Waals surface area contributed by atoms with Crippen LogP contribution in [0.5, 0.6) is 0 Å². The molecule has 27 heavy (non-hydrogen) atoms. The zero-order chi connectivity index (χ0) is 17.2. The molecule has 0 atom stereocenters. The summed E-state index contributed by atoms with van der Waals surface area (Å²) in [5, 5.41) is 6.57. The number of aromatic amines is 1. The molecule has 0 aliphatic carbocycles. The molecule has 9 heteroatoms. The fourth-order valence-electron chi connectivity index (χ4n) is 2.63. The molecule has 3 N–H and O–H groups in total. The van der Waals surface area contributed by atoms with Crippen LogP contribution in [0.3, 0.4) is 0 Å². The molecular formula is C18H16Cl2FN5O. The van der Waals surface area contributed by atoms with Crippen LogP contribution in [-0.2, 0) is 11.3 Å². The first kappa shape index (κ1) is 20.4. The van der Waals surface area contributed by atoms with E-state index in [4.69, 9.17) is 0 Å². The highest BCUT2D eigenvalue weighted by atomic mass is 35.5. The topological polar surface area (TPSA) is 82.2 Å². The second kappa shape index (κ2) is 8.66. The molecule has 1 aliphatic heterocycles. The zero-order valence-corrected chi connectivity index (χ0v) is 15.5. The van der Waals surface area contributed by atoms with E-state index >= 15 is 0 Å². The van der Waals surface area contributed by atoms with Crippen LogP contribution in [0.4, 0.5) is 4.39 Å². The fourth-order valence-corrected chi connectivity index (χ4v) is 2.63. The van der Waals surface area contributed by atoms with Gasteiger partial charge in [0, 0.05) is 29.9 Å². The first-order valence-corrected chi connectivity index (χ1v) is 7.71. The number of guanidine groups is 1. The van der Waals surface area contributed by atoms with E-state index in [1.165, 1.54) is 12.1 Å². The van der Waals surface area contributed by atoms with E-state index in [2.05, 4.69) is 25.6 Å². The average molecular weight is 408 g/mol. The first-order chi connectivity index (χ1) is 12.2. The van der Waals surface area contributed by atoms with Gasteiger partial charge in [0.25, 0.3) is 5.91 Å². The van der Waals surface area contributed by atoms with Crippen LogP contribution in [0, 0.1) is 5.82 Å². The maximum absolute atomic E-state index is 13.2. The van der Waals surface area contributed by atoms with Crippen LogP contribution in [0.2, 0.25) is 0 Å². The number of hydrogen-bond donors (Lipinski definition) is 3. The number of fused-ring (bicyclic) bond motifs is 1. The predicted octanol–water partition coefficient (Wildman–Crippen LogP) is 3.16. The summed E-state index contributed by atoms with van der Waals surface area (Å²) >= 11 is 0. The van der Waals surface area contributed by atoms with Crippen molar-refractivity contribution in [2.24, 2.45) is 4.99 Å². The molecule has 0 spiro atoms. The number of H-pyrrole nitrogens is 1. The van der Waals surface area contributed by atoms with Crippen LogP contribution >= 0.6 is 24.8 Å². The standard InChI is InChI=1S/C18H14FN5O.2ClH/c19-13-4-1-3-11(7-13)9-22-18-23-15(17(25)24-18)8-12-10-21-16-14(12)5-2-6-20-16;;/h1-8,10H,9H2,(H,20,21)(H2,22,23,24,25);2*1H/b15-8-;;. The quantitative estimate of drug-likeness (QED) is 0.583. The number of carbonyl (C=O) groups excluding carboxylic acids is 1. The number of aliphatic imine (C=N–C) groups is 1. The Morgan fingerprint density at radius 3 is 2.85 bits per heavy atom. The largest absolute Gasteiger partial charge is 0.352 e. The number of aromatic nitrogens is 2. The third kappa shape index (κ3) is 4.45. The van der Waals surface area contributed by atoms with Crippen molar-refractivity contribution >= 4 is 53.8 Å². The molecule has 0 saturated carbocycles. The summed E-state index contributed by atoms with van der Waals surface area (Å²) in [6, 6.07) is 10.0. The van der Waals surface area contributed by atoms with Gasteiger partial charge in [0.1, 0.15) is 17.2 Å². The highest BCUT2D eigenvalue weighted by Crippen LogP contribution is 2.20. The summed E-state index contributed by atoms with van der Waals surface area (Å²) in [4.78, 5) is 23.6. The molecule has 6 nitrogen and oxygen atoms in total. The zero-order valence-electron chi connectivity index (χ0n) is 13.9. The maximum Gasteiger partial charge on any atom is 0.276 e. The Balaban J connectivity index is 0.00000131. The van der Waals surface area contributed by atoms with Gasteiger partial charge in [-0.1, -0.05) is 12.1 Å². The van der Waals surface area contributed by atoms with E-state index in [1.807, 2.05) is 12.1 Å². The average Bonchev–Trinajstić information content (AvgIpc) is 3.18. The van der Waals surface area contributed by atoms with Crippen LogP contribution in [-0.4, -0.2) is 21.8 Å². The number of halogens is 3. The van der Waals surface area contributed by atoms with Crippen LogP contribution in [0.15, 0.2) is 59.5 Å². The number of amides is 1. The molecular weight excluding hydrogens is 392 g/mol. The van der Waals surface area contributed by atoms with Crippen molar-refractivity contribution < 1.29 is 9.18 Å². The van der Waals surface area contributed by atoms with Gasteiger partial charge >= 0.3 is 0 Å². The Labute approximate surface area is 166 Å². The van der Waals surface area contributed by atoms with E-state index in [9.17, 15) is 9.18 Å². The number of nitrogens with zero attached hydrogens (tertiary/aromatic N) is 2. The highest BCUT2D eigenvalue weighted by molar-refractivity contribution is 6.14. The molecule has 0 radical (unpaired) electrons. The molecule has 0 bridgehead atoms. The monoisotopic (exact) mass is 407 g/mol. The number of pyridine rings is 1. The molecule has 0 fully saturated rings. The molecule has 3 aromatic rings. The number of carbonyl (C=O) groups is 1. The maximum atomic E-state index is 13.2. The number of nitrogens with one attached hydrogen (secondary N) is 3. The first-order valence-electron chi connectivity index (χ1n) is 7.71. The van der Waals surface area contributed by atoms with Crippen molar-refractivity contribution in [3.63, 3.8) is 0 Å². The molecule has 3 heterocycles. The molecule has 140 valence electrons. The van der Waals surface area contributed by atoms with Gasteiger partial charge in [0.15, 0.2) is 0 Å². The molecule has 4 rings (SSSR count). The van der Waals surface area contributed by atoms with Crippen molar-refractivity contribution in [3.05, 3.63) is 71.4 Å². The minimum atomic E-state index is -0.301. The summed E-state index contributed by atoms with van der Waals surface area (Å²) in [6.45, 7) is 0.362. The Bertz CT molecular complexity index is 1030. The molecule has 2 aromatic heterocycles. The summed E-state index contributed by atoms with van der Waals surface area (Å²) in [7, 11) is 0. The minimum absolute atomic E-state index is 0. The van der Waals surface area contributed by atoms with Crippen LogP contribution in [0.25, 0.3) is 17.1 Å². The van der Waals surface area contributed by atoms with Crippen LogP contribution in [0.1, 0.15) is 11.1 Å². The summed E-state index contributed by atoms with van der Waals surface area (Å²) in [5.41, 5.74) is 2.65. The van der Waals surface area contributed by atoms with Crippen molar-refractivity contribution in [1.82, 2.24) is 20.6 Å². The minimum Gasteiger partial charge on any atom is -0.352 e. The van der Waals surface area contributed by atoms with Gasteiger partial charge in [-0.3, -0.25) is 10.1 Å². The van der Waals surface area contributed by atoms with Gasteiger partial charge in [-0.05, 0) is 35.9 Å². The number of rotatable bonds is 3. The third-order valence-electron chi connectivity index (χ3n) is 3.82. The Hall–Kier alpha value is -2.90. The van der Waals surface area contributed by atoms with E-state index in [0.29, 0.717) is 18.2 Å². The fraction of sp³-hybridized carbons (Fsp3) is 0.0556. The lowest BCUT2D eigenvalue weighted by atomic mass is 10.2. The molecule has 1 aromatic carbocycles. The van der Waals surface area contributed by atoms with Crippen LogP contribution < -0.4 is 10.6 Å². The molecule has 0 unspecified atom stereocenters. The molecule has 1 aliphatic rings. The van der Waals surface area contributed by atoms with Crippen molar-refractivity contribution in [1.29, 1.82) is 0 Å². The van der Waals surface area contributed by atoms with E-state index in [0.717, 1.165) is 22.2 Å². The van der Waals surface area contributed by atoms with E-state index in [-0.39, 0.29) is 36.5 Å².